The Kier molecular flexibility index (Phi) is 5.92. The first kappa shape index (κ1) is 19.1. The Balaban J connectivity index is 2.19. The third kappa shape index (κ3) is 4.87. The van der Waals surface area contributed by atoms with Crippen molar-refractivity contribution in [1.82, 2.24) is 10.2 Å². The van der Waals surface area contributed by atoms with Crippen molar-refractivity contribution in [2.24, 2.45) is 0 Å². The minimum atomic E-state index is -4.50. The number of alkyl halides is 3. The predicted molar refractivity (Wildman–Crippen MR) is 85.1 cm³/mol. The summed E-state index contributed by atoms with van der Waals surface area (Å²) in [6.07, 6.45) is -4.74. The van der Waals surface area contributed by atoms with Gasteiger partial charge in [0.25, 0.3) is 0 Å². The fraction of sp³-hybridized carbons (Fsp3) is 0.529. The number of hydrogen-bond acceptors (Lipinski definition) is 3. The number of carbonyl (C=O) groups excluding carboxylic acids is 2. The van der Waals surface area contributed by atoms with E-state index in [-0.39, 0.29) is 31.7 Å². The molecule has 0 unspecified atom stereocenters. The topological polar surface area (TPSA) is 58.6 Å². The van der Waals surface area contributed by atoms with Gasteiger partial charge in [-0.1, -0.05) is 18.2 Å². The molecule has 0 spiro atoms. The lowest BCUT2D eigenvalue weighted by atomic mass is 9.96. The van der Waals surface area contributed by atoms with E-state index < -0.39 is 24.2 Å². The molecule has 1 N–H and O–H groups in total. The van der Waals surface area contributed by atoms with Crippen molar-refractivity contribution in [2.45, 2.75) is 44.4 Å². The van der Waals surface area contributed by atoms with Crippen molar-refractivity contribution in [2.75, 3.05) is 13.7 Å². The van der Waals surface area contributed by atoms with Crippen LogP contribution in [0.5, 0.6) is 5.75 Å². The number of nitrogens with one attached hydrogen (secondary N) is 1. The number of benzene rings is 1. The van der Waals surface area contributed by atoms with E-state index in [4.69, 9.17) is 4.74 Å². The summed E-state index contributed by atoms with van der Waals surface area (Å²) < 4.78 is 45.1. The minimum absolute atomic E-state index is 0.155. The van der Waals surface area contributed by atoms with Gasteiger partial charge in [0.15, 0.2) is 0 Å². The van der Waals surface area contributed by atoms with Gasteiger partial charge in [0.1, 0.15) is 11.8 Å². The highest BCUT2D eigenvalue weighted by molar-refractivity contribution is 5.80. The molecule has 0 aromatic heterocycles. The van der Waals surface area contributed by atoms with Gasteiger partial charge in [-0.15, -0.1) is 0 Å². The zero-order chi connectivity index (χ0) is 18.6. The normalized spacial score (nSPS) is 20.9. The van der Waals surface area contributed by atoms with Crippen LogP contribution in [0.15, 0.2) is 24.3 Å². The van der Waals surface area contributed by atoms with Gasteiger partial charge in [-0.3, -0.25) is 9.59 Å². The summed E-state index contributed by atoms with van der Waals surface area (Å²) in [6.45, 7) is 1.15. The molecule has 0 bridgehead atoms. The molecule has 2 atom stereocenters. The third-order valence-corrected chi connectivity index (χ3v) is 4.22. The van der Waals surface area contributed by atoms with Crippen LogP contribution in [0.3, 0.4) is 0 Å². The lowest BCUT2D eigenvalue weighted by Gasteiger charge is -2.40. The van der Waals surface area contributed by atoms with Gasteiger partial charge in [0.2, 0.25) is 11.8 Å². The summed E-state index contributed by atoms with van der Waals surface area (Å²) in [5, 5.41) is 2.60. The zero-order valence-electron chi connectivity index (χ0n) is 14.1. The van der Waals surface area contributed by atoms with Crippen LogP contribution in [-0.4, -0.2) is 48.6 Å². The fourth-order valence-corrected chi connectivity index (χ4v) is 3.11. The number of rotatable bonds is 4. The second-order valence-electron chi connectivity index (χ2n) is 6.07. The Labute approximate surface area is 144 Å². The molecule has 0 aliphatic carbocycles. The van der Waals surface area contributed by atoms with E-state index in [0.29, 0.717) is 11.3 Å². The summed E-state index contributed by atoms with van der Waals surface area (Å²) in [4.78, 5) is 24.6. The number of methoxy groups -OCH3 is 1. The molecule has 0 radical (unpaired) electrons. The molecule has 1 saturated heterocycles. The number of nitrogens with zero attached hydrogens (tertiary/aromatic N) is 1. The van der Waals surface area contributed by atoms with Gasteiger partial charge in [-0.2, -0.15) is 13.2 Å². The van der Waals surface area contributed by atoms with Crippen LogP contribution in [0.1, 0.15) is 25.3 Å². The van der Waals surface area contributed by atoms with Crippen LogP contribution in [0, 0.1) is 0 Å². The third-order valence-electron chi connectivity index (χ3n) is 4.22. The van der Waals surface area contributed by atoms with Crippen molar-refractivity contribution in [3.63, 3.8) is 0 Å². The number of likely N-dealkylation sites (tertiary alicyclic amines) is 1. The molecule has 1 aliphatic rings. The SMILES string of the molecule is COc1ccccc1CC(=O)N1C[C@H](NC(C)=O)CC[C@@H]1C(F)(F)F. The number of amides is 2. The Bertz CT molecular complexity index is 634. The zero-order valence-corrected chi connectivity index (χ0v) is 14.1. The summed E-state index contributed by atoms with van der Waals surface area (Å²) >= 11 is 0. The van der Waals surface area contributed by atoms with Crippen molar-refractivity contribution in [1.29, 1.82) is 0 Å². The van der Waals surface area contributed by atoms with Gasteiger partial charge in [0.05, 0.1) is 13.5 Å². The molecule has 8 heteroatoms. The Morgan fingerprint density at radius 2 is 1.96 bits per heavy atom. The van der Waals surface area contributed by atoms with E-state index in [0.717, 1.165) is 4.90 Å². The van der Waals surface area contributed by atoms with Crippen molar-refractivity contribution >= 4 is 11.8 Å². The predicted octanol–water partition coefficient (Wildman–Crippen LogP) is 2.30. The number of ether oxygens (including phenoxy) is 1. The Hall–Kier alpha value is -2.25. The first-order valence-corrected chi connectivity index (χ1v) is 7.97. The molecule has 1 aliphatic heterocycles. The summed E-state index contributed by atoms with van der Waals surface area (Å²) in [7, 11) is 1.44. The van der Waals surface area contributed by atoms with E-state index in [1.807, 2.05) is 0 Å². The monoisotopic (exact) mass is 358 g/mol. The highest BCUT2D eigenvalue weighted by Gasteiger charge is 2.48. The van der Waals surface area contributed by atoms with Crippen LogP contribution >= 0.6 is 0 Å². The summed E-state index contributed by atoms with van der Waals surface area (Å²) in [6, 6.07) is 4.41. The van der Waals surface area contributed by atoms with E-state index in [1.165, 1.54) is 14.0 Å². The van der Waals surface area contributed by atoms with Gasteiger partial charge >= 0.3 is 6.18 Å². The van der Waals surface area contributed by atoms with E-state index in [2.05, 4.69) is 5.32 Å². The maximum atomic E-state index is 13.3. The highest BCUT2D eigenvalue weighted by Crippen LogP contribution is 2.33. The summed E-state index contributed by atoms with van der Waals surface area (Å²) in [5.74, 6) is -0.510. The number of halogens is 3. The van der Waals surface area contributed by atoms with Crippen LogP contribution in [0.25, 0.3) is 0 Å². The van der Waals surface area contributed by atoms with Crippen molar-refractivity contribution < 1.29 is 27.5 Å². The van der Waals surface area contributed by atoms with Gasteiger partial charge in [-0.25, -0.2) is 0 Å². The standard InChI is InChI=1S/C17H21F3N2O3/c1-11(23)21-13-7-8-15(17(18,19)20)22(10-13)16(24)9-12-5-3-4-6-14(12)25-2/h3-6,13,15H,7-10H2,1-2H3,(H,21,23)/t13-,15-/m1/s1. The maximum absolute atomic E-state index is 13.3. The molecule has 1 aromatic carbocycles. The van der Waals surface area contributed by atoms with E-state index in [9.17, 15) is 22.8 Å². The smallest absolute Gasteiger partial charge is 0.408 e. The van der Waals surface area contributed by atoms with Crippen molar-refractivity contribution in [3.05, 3.63) is 29.8 Å². The number of hydrogen-bond donors (Lipinski definition) is 1. The van der Waals surface area contributed by atoms with Crippen LogP contribution in [0.2, 0.25) is 0 Å². The van der Waals surface area contributed by atoms with Gasteiger partial charge in [0, 0.05) is 25.1 Å². The lowest BCUT2D eigenvalue weighted by Crippen LogP contribution is -2.58. The first-order valence-electron chi connectivity index (χ1n) is 7.97. The van der Waals surface area contributed by atoms with E-state index >= 15 is 0 Å². The lowest BCUT2D eigenvalue weighted by molar-refractivity contribution is -0.197. The molecule has 138 valence electrons. The maximum Gasteiger partial charge on any atom is 0.408 e. The first-order chi connectivity index (χ1) is 11.7. The molecular weight excluding hydrogens is 337 g/mol. The van der Waals surface area contributed by atoms with Crippen LogP contribution < -0.4 is 10.1 Å². The molecule has 1 heterocycles. The number of para-hydroxylation sites is 1. The average molecular weight is 358 g/mol. The van der Waals surface area contributed by atoms with Crippen molar-refractivity contribution in [3.8, 4) is 5.75 Å². The molecule has 2 amide bonds. The minimum Gasteiger partial charge on any atom is -0.496 e. The molecule has 1 aromatic rings. The Morgan fingerprint density at radius 3 is 2.56 bits per heavy atom. The van der Waals surface area contributed by atoms with Crippen LogP contribution in [0.4, 0.5) is 13.2 Å². The molecule has 5 nitrogen and oxygen atoms in total. The number of carbonyl (C=O) groups is 2. The molecule has 2 rings (SSSR count). The fourth-order valence-electron chi connectivity index (χ4n) is 3.11. The summed E-state index contributed by atoms with van der Waals surface area (Å²) in [5.41, 5.74) is 0.526. The Morgan fingerprint density at radius 1 is 1.28 bits per heavy atom. The largest absolute Gasteiger partial charge is 0.496 e. The second kappa shape index (κ2) is 7.76. The molecule has 1 fully saturated rings. The average Bonchev–Trinajstić information content (AvgIpc) is 2.53. The molecule has 25 heavy (non-hydrogen) atoms. The number of piperidine rings is 1. The van der Waals surface area contributed by atoms with Gasteiger partial charge in [-0.05, 0) is 18.9 Å². The highest BCUT2D eigenvalue weighted by atomic mass is 19.4. The second-order valence-corrected chi connectivity index (χ2v) is 6.07. The quantitative estimate of drug-likeness (QED) is 0.899. The van der Waals surface area contributed by atoms with Gasteiger partial charge < -0.3 is 15.0 Å². The molecular formula is C17H21F3N2O3. The van der Waals surface area contributed by atoms with Crippen LogP contribution in [-0.2, 0) is 16.0 Å². The molecule has 0 saturated carbocycles. The van der Waals surface area contributed by atoms with E-state index in [1.54, 1.807) is 24.3 Å².